The van der Waals surface area contributed by atoms with Crippen LogP contribution in [0, 0.1) is 0 Å². The molecule has 5 atom stereocenters. The predicted molar refractivity (Wildman–Crippen MR) is 390 cm³/mol. The van der Waals surface area contributed by atoms with Gasteiger partial charge in [-0.1, -0.05) is 275 Å². The Bertz CT molecular complexity index is 2010. The monoisotopic (exact) mass is 1400 g/mol. The van der Waals surface area contributed by atoms with Crippen molar-refractivity contribution in [3.05, 3.63) is 48.6 Å². The second-order valence-electron chi connectivity index (χ2n) is 26.3. The molecule has 0 bridgehead atoms. The third-order valence-corrected chi connectivity index (χ3v) is 18.7. The molecule has 0 rings (SSSR count). The van der Waals surface area contributed by atoms with Crippen molar-refractivity contribution >= 4 is 39.5 Å². The molecular weight excluding hydrogens is 1260 g/mol. The predicted octanol–water partition coefficient (Wildman–Crippen LogP) is 22.1. The number of allylic oxidation sites excluding steroid dienone is 8. The van der Waals surface area contributed by atoms with Gasteiger partial charge in [0.2, 0.25) is 0 Å². The van der Waals surface area contributed by atoms with E-state index < -0.39 is 97.5 Å². The highest BCUT2D eigenvalue weighted by Gasteiger charge is 2.30. The van der Waals surface area contributed by atoms with Gasteiger partial charge in [0.1, 0.15) is 19.3 Å². The number of hydrogen-bond acceptors (Lipinski definition) is 15. The van der Waals surface area contributed by atoms with Crippen LogP contribution in [0.2, 0.25) is 0 Å². The number of hydrogen-bond donors (Lipinski definition) is 3. The molecule has 0 aromatic rings. The van der Waals surface area contributed by atoms with Crippen LogP contribution in [-0.4, -0.2) is 96.7 Å². The Hall–Kier alpha value is -2.98. The number of carbonyl (C=O) groups excluding carboxylic acids is 4. The van der Waals surface area contributed by atoms with Gasteiger partial charge in [-0.25, -0.2) is 9.13 Å². The molecule has 3 N–H and O–H groups in total. The molecule has 0 radical (unpaired) electrons. The van der Waals surface area contributed by atoms with E-state index in [2.05, 4.69) is 76.3 Å². The van der Waals surface area contributed by atoms with E-state index in [4.69, 9.17) is 37.0 Å². The van der Waals surface area contributed by atoms with Crippen molar-refractivity contribution in [3.8, 4) is 0 Å². The summed E-state index contributed by atoms with van der Waals surface area (Å²) in [5.41, 5.74) is 0. The topological polar surface area (TPSA) is 237 Å². The van der Waals surface area contributed by atoms with Gasteiger partial charge in [-0.3, -0.25) is 37.3 Å². The normalized spacial score (nSPS) is 14.2. The van der Waals surface area contributed by atoms with Crippen LogP contribution in [0.1, 0.15) is 362 Å². The van der Waals surface area contributed by atoms with Crippen molar-refractivity contribution in [1.82, 2.24) is 0 Å². The summed E-state index contributed by atoms with van der Waals surface area (Å²) in [4.78, 5) is 72.8. The van der Waals surface area contributed by atoms with E-state index in [0.717, 1.165) is 141 Å². The van der Waals surface area contributed by atoms with E-state index in [1.54, 1.807) is 0 Å². The van der Waals surface area contributed by atoms with E-state index in [9.17, 15) is 43.2 Å². The minimum absolute atomic E-state index is 0.0849. The fourth-order valence-corrected chi connectivity index (χ4v) is 12.3. The summed E-state index contributed by atoms with van der Waals surface area (Å²) in [7, 11) is -9.94. The zero-order valence-corrected chi connectivity index (χ0v) is 63.1. The molecular formula is C77H142O17P2. The molecule has 0 aliphatic carbocycles. The molecule has 562 valence electrons. The Kier molecular flexibility index (Phi) is 68.3. The quantitative estimate of drug-likeness (QED) is 0.0169. The van der Waals surface area contributed by atoms with E-state index in [1.807, 2.05) is 0 Å². The molecule has 0 saturated heterocycles. The summed E-state index contributed by atoms with van der Waals surface area (Å²) in [6.45, 7) is 4.85. The summed E-state index contributed by atoms with van der Waals surface area (Å²) in [6.07, 6.45) is 66.6. The Morgan fingerprint density at radius 1 is 0.292 bits per heavy atom. The van der Waals surface area contributed by atoms with E-state index in [-0.39, 0.29) is 25.7 Å². The molecule has 0 aromatic carbocycles. The Balaban J connectivity index is 5.32. The number of aliphatic hydroxyl groups excluding tert-OH is 1. The van der Waals surface area contributed by atoms with Crippen LogP contribution in [0.25, 0.3) is 0 Å². The zero-order valence-electron chi connectivity index (χ0n) is 61.3. The third-order valence-electron chi connectivity index (χ3n) is 16.8. The van der Waals surface area contributed by atoms with E-state index in [1.165, 1.54) is 141 Å². The van der Waals surface area contributed by atoms with Crippen molar-refractivity contribution in [2.24, 2.45) is 0 Å². The van der Waals surface area contributed by atoms with E-state index >= 15 is 0 Å². The average molecular weight is 1400 g/mol. The Labute approximate surface area is 585 Å². The van der Waals surface area contributed by atoms with Crippen LogP contribution in [0.5, 0.6) is 0 Å². The highest BCUT2D eigenvalue weighted by Crippen LogP contribution is 2.45. The zero-order chi connectivity index (χ0) is 70.4. The molecule has 2 unspecified atom stereocenters. The number of carbonyl (C=O) groups is 4. The summed E-state index contributed by atoms with van der Waals surface area (Å²) >= 11 is 0. The molecule has 17 nitrogen and oxygen atoms in total. The largest absolute Gasteiger partial charge is 0.472 e. The molecule has 0 spiro atoms. The number of rotatable bonds is 74. The van der Waals surface area contributed by atoms with Crippen LogP contribution in [0.4, 0.5) is 0 Å². The average Bonchev–Trinajstić information content (AvgIpc) is 1.43. The van der Waals surface area contributed by atoms with Crippen molar-refractivity contribution in [3.63, 3.8) is 0 Å². The maximum absolute atomic E-state index is 13.1. The van der Waals surface area contributed by atoms with Crippen LogP contribution in [0.15, 0.2) is 48.6 Å². The van der Waals surface area contributed by atoms with Gasteiger partial charge in [0.25, 0.3) is 0 Å². The maximum atomic E-state index is 13.1. The van der Waals surface area contributed by atoms with Crippen molar-refractivity contribution < 1.29 is 80.2 Å². The Morgan fingerprint density at radius 3 is 0.812 bits per heavy atom. The molecule has 19 heteroatoms. The number of esters is 4. The lowest BCUT2D eigenvalue weighted by molar-refractivity contribution is -0.161. The minimum Gasteiger partial charge on any atom is -0.462 e. The number of aliphatic hydroxyl groups is 1. The summed E-state index contributed by atoms with van der Waals surface area (Å²) < 4.78 is 68.5. The van der Waals surface area contributed by atoms with E-state index in [0.29, 0.717) is 25.7 Å². The summed E-state index contributed by atoms with van der Waals surface area (Å²) in [6, 6.07) is 0. The van der Waals surface area contributed by atoms with Crippen molar-refractivity contribution in [1.29, 1.82) is 0 Å². The van der Waals surface area contributed by atoms with Gasteiger partial charge in [-0.15, -0.1) is 0 Å². The Morgan fingerprint density at radius 2 is 0.510 bits per heavy atom. The first kappa shape index (κ1) is 93.0. The standard InChI is InChI=1S/C77H142O17P2/c1-5-9-13-17-21-25-29-33-35-39-42-46-50-54-58-62-75(80)88-68-73(94-77(82)64-60-56-52-48-44-40-36-34-30-26-22-18-14-10-6-2)70-92-96(85,86)90-66-71(78)65-89-95(83,84)91-69-72(93-76(81)63-59-55-51-47-43-38-32-28-24-20-16-12-8-4)67-87-74(79)61-57-53-49-45-41-37-31-27-23-19-15-11-7-3/h22,26-28,31-32,34,36,71-73,78H,5-21,23-25,29-30,33,35,37-70H2,1-4H3,(H,83,84)(H,85,86)/b26-22-,31-27-,32-28-,36-34-/t71-,72-,73-/m1/s1. The number of phosphoric ester groups is 2. The number of phosphoric acid groups is 2. The van der Waals surface area contributed by atoms with Gasteiger partial charge >= 0.3 is 39.5 Å². The van der Waals surface area contributed by atoms with Gasteiger partial charge in [0.05, 0.1) is 26.4 Å². The summed E-state index contributed by atoms with van der Waals surface area (Å²) in [5.74, 6) is -2.17. The molecule has 0 aliphatic heterocycles. The molecule has 0 heterocycles. The first-order chi connectivity index (χ1) is 46.7. The third kappa shape index (κ3) is 69.5. The second kappa shape index (κ2) is 70.5. The first-order valence-corrected chi connectivity index (χ1v) is 41.9. The highest BCUT2D eigenvalue weighted by atomic mass is 31.2. The fourth-order valence-electron chi connectivity index (χ4n) is 10.8. The molecule has 0 amide bonds. The smallest absolute Gasteiger partial charge is 0.462 e. The van der Waals surface area contributed by atoms with Crippen molar-refractivity contribution in [2.75, 3.05) is 39.6 Å². The van der Waals surface area contributed by atoms with Gasteiger partial charge in [-0.2, -0.15) is 0 Å². The second-order valence-corrected chi connectivity index (χ2v) is 29.2. The summed E-state index contributed by atoms with van der Waals surface area (Å²) in [5, 5.41) is 10.6. The van der Waals surface area contributed by atoms with Gasteiger partial charge in [0, 0.05) is 25.7 Å². The van der Waals surface area contributed by atoms with Crippen molar-refractivity contribution in [2.45, 2.75) is 380 Å². The SMILES string of the molecule is CCCCC/C=C\C/C=C\CCCCCCCC(=O)O[C@H](COC(=O)CCCCCCCCCCCCCCCCC)COP(=O)(O)OC[C@H](O)COP(=O)(O)OC[C@@H](COC(=O)CCCCCCC/C=C\CCCCCC)OC(=O)CCCCCCC/C=C\CCCCCC. The first-order valence-electron chi connectivity index (χ1n) is 38.9. The molecule has 0 aromatic heterocycles. The lowest BCUT2D eigenvalue weighted by Gasteiger charge is -2.21. The van der Waals surface area contributed by atoms with Crippen LogP contribution < -0.4 is 0 Å². The molecule has 0 aliphatic rings. The van der Waals surface area contributed by atoms with Crippen LogP contribution >= 0.6 is 15.6 Å². The lowest BCUT2D eigenvalue weighted by atomic mass is 10.0. The maximum Gasteiger partial charge on any atom is 0.472 e. The molecule has 0 fully saturated rings. The fraction of sp³-hybridized carbons (Fsp3) is 0.844. The molecule has 96 heavy (non-hydrogen) atoms. The number of unbranched alkanes of at least 4 members (excludes halogenated alkanes) is 40. The highest BCUT2D eigenvalue weighted by molar-refractivity contribution is 7.47. The van der Waals surface area contributed by atoms with Gasteiger partial charge < -0.3 is 33.8 Å². The lowest BCUT2D eigenvalue weighted by Crippen LogP contribution is -2.30. The minimum atomic E-state index is -4.97. The van der Waals surface area contributed by atoms with Gasteiger partial charge in [0.15, 0.2) is 12.2 Å². The molecule has 0 saturated carbocycles. The number of ether oxygens (including phenoxy) is 4. The van der Waals surface area contributed by atoms with Crippen LogP contribution in [-0.2, 0) is 65.4 Å². The van der Waals surface area contributed by atoms with Crippen LogP contribution in [0.3, 0.4) is 0 Å². The van der Waals surface area contributed by atoms with Gasteiger partial charge in [-0.05, 0) is 109 Å².